The average Bonchev–Trinajstić information content (AvgIpc) is 2.22. The highest BCUT2D eigenvalue weighted by Crippen LogP contribution is 2.16. The van der Waals surface area contributed by atoms with Crippen molar-refractivity contribution in [2.24, 2.45) is 5.92 Å². The summed E-state index contributed by atoms with van der Waals surface area (Å²) in [5.74, 6) is 0.385. The van der Waals surface area contributed by atoms with Crippen LogP contribution in [-0.4, -0.2) is 11.8 Å². The molecule has 0 aromatic heterocycles. The summed E-state index contributed by atoms with van der Waals surface area (Å²) in [6.07, 6.45) is 6.01. The first-order chi connectivity index (χ1) is 6.76. The molecule has 0 aliphatic rings. The van der Waals surface area contributed by atoms with Crippen LogP contribution in [-0.2, 0) is 9.08 Å². The molecule has 2 nitrogen and oxygen atoms in total. The van der Waals surface area contributed by atoms with Gasteiger partial charge >= 0.3 is 5.97 Å². The molecule has 0 heterocycles. The number of halogens is 2. The van der Waals surface area contributed by atoms with E-state index in [0.29, 0.717) is 0 Å². The molecule has 0 saturated heterocycles. The first kappa shape index (κ1) is 14.1. The number of carbonyl (C=O) groups is 1. The van der Waals surface area contributed by atoms with Gasteiger partial charge in [0.1, 0.15) is 11.9 Å². The lowest BCUT2D eigenvalue weighted by Crippen LogP contribution is -2.13. The Labute approximate surface area is 96.1 Å². The Hall–Kier alpha value is 0.0500. The molecular formula is C10H18Cl2O2. The predicted octanol–water partition coefficient (Wildman–Crippen LogP) is 3.90. The molecule has 0 N–H and O–H groups in total. The highest BCUT2D eigenvalue weighted by Gasteiger charge is 2.16. The molecule has 14 heavy (non-hydrogen) atoms. The molecule has 1 unspecified atom stereocenters. The van der Waals surface area contributed by atoms with Crippen molar-refractivity contribution in [1.29, 1.82) is 0 Å². The van der Waals surface area contributed by atoms with Crippen LogP contribution in [0.4, 0.5) is 0 Å². The number of alkyl halides is 1. The molecule has 0 spiro atoms. The Kier molecular flexibility index (Phi) is 9.63. The second kappa shape index (κ2) is 9.60. The van der Waals surface area contributed by atoms with E-state index in [-0.39, 0.29) is 11.9 Å². The molecule has 1 atom stereocenters. The minimum Gasteiger partial charge on any atom is -0.347 e. The highest BCUT2D eigenvalue weighted by molar-refractivity contribution is 6.17. The van der Waals surface area contributed by atoms with Crippen LogP contribution in [0.3, 0.4) is 0 Å². The topological polar surface area (TPSA) is 26.3 Å². The van der Waals surface area contributed by atoms with Gasteiger partial charge in [0.2, 0.25) is 0 Å². The van der Waals surface area contributed by atoms with E-state index in [1.54, 1.807) is 0 Å². The summed E-state index contributed by atoms with van der Waals surface area (Å²) in [4.78, 5) is 11.1. The van der Waals surface area contributed by atoms with E-state index in [1.165, 1.54) is 0 Å². The van der Waals surface area contributed by atoms with Gasteiger partial charge in [-0.05, 0) is 19.3 Å². The van der Waals surface area contributed by atoms with Gasteiger partial charge in [0.05, 0.1) is 5.92 Å². The maximum Gasteiger partial charge on any atom is 0.327 e. The summed E-state index contributed by atoms with van der Waals surface area (Å²) in [5.41, 5.74) is 0. The number of carbonyl (C=O) groups excluding carboxylic acids is 1. The Bertz CT molecular complexity index is 151. The monoisotopic (exact) mass is 240 g/mol. The lowest BCUT2D eigenvalue weighted by molar-refractivity contribution is -0.138. The maximum absolute atomic E-state index is 11.1. The number of hydrogen-bond donors (Lipinski definition) is 0. The van der Waals surface area contributed by atoms with Crippen LogP contribution in [0.1, 0.15) is 45.4 Å². The van der Waals surface area contributed by atoms with Crippen LogP contribution in [0.5, 0.6) is 0 Å². The van der Waals surface area contributed by atoms with E-state index in [2.05, 4.69) is 4.29 Å². The molecule has 0 aliphatic carbocycles. The van der Waals surface area contributed by atoms with Crippen molar-refractivity contribution < 1.29 is 9.08 Å². The maximum atomic E-state index is 11.1. The lowest BCUT2D eigenvalue weighted by atomic mass is 9.98. The third-order valence-electron chi connectivity index (χ3n) is 2.34. The minimum atomic E-state index is -0.300. The second-order valence-corrected chi connectivity index (χ2v) is 3.93. The Morgan fingerprint density at radius 2 is 1.93 bits per heavy atom. The van der Waals surface area contributed by atoms with Crippen LogP contribution in [0.2, 0.25) is 0 Å². The summed E-state index contributed by atoms with van der Waals surface area (Å²) in [6, 6.07) is 0. The van der Waals surface area contributed by atoms with Gasteiger partial charge in [0.25, 0.3) is 0 Å². The first-order valence-electron chi connectivity index (χ1n) is 5.14. The van der Waals surface area contributed by atoms with E-state index < -0.39 is 0 Å². The molecule has 0 aromatic rings. The Morgan fingerprint density at radius 1 is 1.29 bits per heavy atom. The third kappa shape index (κ3) is 6.50. The van der Waals surface area contributed by atoms with E-state index in [0.717, 1.165) is 44.4 Å². The Balaban J connectivity index is 3.48. The van der Waals surface area contributed by atoms with Crippen LogP contribution in [0.25, 0.3) is 0 Å². The standard InChI is InChI=1S/C10H18Cl2O2/c1-2-9(10(13)14-12)7-5-3-4-6-8-11/h9H,2-8H2,1H3. The zero-order valence-corrected chi connectivity index (χ0v) is 10.1. The van der Waals surface area contributed by atoms with Crippen LogP contribution in [0, 0.1) is 5.92 Å². The van der Waals surface area contributed by atoms with Gasteiger partial charge in [-0.1, -0.05) is 26.2 Å². The molecule has 0 aliphatic heterocycles. The van der Waals surface area contributed by atoms with E-state index in [4.69, 9.17) is 23.5 Å². The summed E-state index contributed by atoms with van der Waals surface area (Å²) in [7, 11) is 0. The Morgan fingerprint density at radius 3 is 2.43 bits per heavy atom. The summed E-state index contributed by atoms with van der Waals surface area (Å²) in [5, 5.41) is 0. The molecule has 0 amide bonds. The van der Waals surface area contributed by atoms with Crippen molar-refractivity contribution >= 4 is 29.4 Å². The van der Waals surface area contributed by atoms with Gasteiger partial charge in [-0.15, -0.1) is 11.6 Å². The fourth-order valence-corrected chi connectivity index (χ4v) is 1.71. The quantitative estimate of drug-likeness (QED) is 0.476. The molecule has 0 saturated carbocycles. The summed E-state index contributed by atoms with van der Waals surface area (Å²) in [6.45, 7) is 1.97. The normalized spacial score (nSPS) is 12.5. The average molecular weight is 241 g/mol. The summed E-state index contributed by atoms with van der Waals surface area (Å²) < 4.78 is 4.19. The van der Waals surface area contributed by atoms with Gasteiger partial charge in [-0.2, -0.15) is 0 Å². The summed E-state index contributed by atoms with van der Waals surface area (Å²) >= 11 is 10.6. The third-order valence-corrected chi connectivity index (χ3v) is 2.76. The van der Waals surface area contributed by atoms with Gasteiger partial charge in [-0.25, -0.2) is 0 Å². The first-order valence-corrected chi connectivity index (χ1v) is 5.99. The van der Waals surface area contributed by atoms with Crippen LogP contribution < -0.4 is 0 Å². The van der Waals surface area contributed by atoms with Gasteiger partial charge in [0.15, 0.2) is 0 Å². The predicted molar refractivity (Wildman–Crippen MR) is 59.5 cm³/mol. The fourth-order valence-electron chi connectivity index (χ4n) is 1.39. The fraction of sp³-hybridized carbons (Fsp3) is 0.900. The van der Waals surface area contributed by atoms with Crippen molar-refractivity contribution in [2.45, 2.75) is 45.4 Å². The number of unbranched alkanes of at least 4 members (excludes halogenated alkanes) is 3. The zero-order chi connectivity index (χ0) is 10.8. The molecule has 0 radical (unpaired) electrons. The van der Waals surface area contributed by atoms with Crippen molar-refractivity contribution in [3.05, 3.63) is 0 Å². The van der Waals surface area contributed by atoms with Crippen molar-refractivity contribution in [3.8, 4) is 0 Å². The highest BCUT2D eigenvalue weighted by atomic mass is 35.5. The van der Waals surface area contributed by atoms with Crippen molar-refractivity contribution in [2.75, 3.05) is 5.88 Å². The SMILES string of the molecule is CCC(CCCCCCCl)C(=O)OCl. The molecule has 84 valence electrons. The van der Waals surface area contributed by atoms with Gasteiger partial charge < -0.3 is 4.29 Å². The minimum absolute atomic E-state index is 0.0384. The lowest BCUT2D eigenvalue weighted by Gasteiger charge is -2.09. The number of rotatable bonds is 8. The molecule has 4 heteroatoms. The molecule has 0 bridgehead atoms. The van der Waals surface area contributed by atoms with E-state index >= 15 is 0 Å². The van der Waals surface area contributed by atoms with Crippen LogP contribution in [0.15, 0.2) is 0 Å². The van der Waals surface area contributed by atoms with Crippen LogP contribution >= 0.6 is 23.5 Å². The van der Waals surface area contributed by atoms with E-state index in [1.807, 2.05) is 6.92 Å². The largest absolute Gasteiger partial charge is 0.347 e. The number of hydrogen-bond acceptors (Lipinski definition) is 2. The zero-order valence-electron chi connectivity index (χ0n) is 8.60. The molecule has 0 rings (SSSR count). The second-order valence-electron chi connectivity index (χ2n) is 3.39. The molecule has 0 aromatic carbocycles. The van der Waals surface area contributed by atoms with Crippen molar-refractivity contribution in [1.82, 2.24) is 0 Å². The molecule has 0 fully saturated rings. The molecular weight excluding hydrogens is 223 g/mol. The van der Waals surface area contributed by atoms with E-state index in [9.17, 15) is 4.79 Å². The van der Waals surface area contributed by atoms with Crippen molar-refractivity contribution in [3.63, 3.8) is 0 Å². The van der Waals surface area contributed by atoms with Gasteiger partial charge in [-0.3, -0.25) is 4.79 Å². The van der Waals surface area contributed by atoms with Gasteiger partial charge in [0, 0.05) is 5.88 Å². The smallest absolute Gasteiger partial charge is 0.327 e.